The number of fused-ring (bicyclic) bond motifs is 1. The van der Waals surface area contributed by atoms with Crippen LogP contribution in [0.1, 0.15) is 12.1 Å². The van der Waals surface area contributed by atoms with Crippen LogP contribution in [-0.2, 0) is 20.9 Å². The Kier molecular flexibility index (Phi) is 3.58. The Balaban J connectivity index is 1.77. The summed E-state index contributed by atoms with van der Waals surface area (Å²) in [6.45, 7) is -0.0523. The number of nitrogens with zero attached hydrogens (tertiary/aromatic N) is 1. The average molecular weight is 345 g/mol. The van der Waals surface area contributed by atoms with Gasteiger partial charge in [-0.25, -0.2) is 14.2 Å². The number of aromatic nitrogens is 1. The Morgan fingerprint density at radius 2 is 2.13 bits per heavy atom. The van der Waals surface area contributed by atoms with E-state index in [1.165, 1.54) is 0 Å². The van der Waals surface area contributed by atoms with Gasteiger partial charge in [-0.2, -0.15) is 0 Å². The molecule has 0 aliphatic heterocycles. The Labute approximate surface area is 135 Å². The first-order valence-corrected chi connectivity index (χ1v) is 7.27. The van der Waals surface area contributed by atoms with Gasteiger partial charge in [0.2, 0.25) is 5.67 Å². The maximum Gasteiger partial charge on any atom is 0.342 e. The first kappa shape index (κ1) is 16.1. The molecule has 5 atom stereocenters. The van der Waals surface area contributed by atoms with Gasteiger partial charge in [-0.3, -0.25) is 4.79 Å². The van der Waals surface area contributed by atoms with Crippen molar-refractivity contribution in [3.63, 3.8) is 0 Å². The summed E-state index contributed by atoms with van der Waals surface area (Å²) in [7, 11) is 0. The number of carboxylic acids is 2. The lowest BCUT2D eigenvalue weighted by atomic mass is 9.88. The quantitative estimate of drug-likeness (QED) is 0.676. The lowest BCUT2D eigenvalue weighted by molar-refractivity contribution is -0.156. The zero-order chi connectivity index (χ0) is 17.0. The third kappa shape index (κ3) is 2.20. The highest BCUT2D eigenvalue weighted by atomic mass is 35.5. The molecule has 124 valence electrons. The monoisotopic (exact) mass is 344 g/mol. The van der Waals surface area contributed by atoms with Crippen LogP contribution in [0.15, 0.2) is 18.2 Å². The molecular formula is C14H14ClFN2O5. The molecule has 0 radical (unpaired) electrons. The second-order valence-corrected chi connectivity index (χ2v) is 6.27. The molecule has 23 heavy (non-hydrogen) atoms. The molecule has 7 nitrogen and oxygen atoms in total. The zero-order valence-corrected chi connectivity index (χ0v) is 12.5. The molecule has 3 rings (SSSR count). The molecule has 0 aromatic carbocycles. The van der Waals surface area contributed by atoms with Crippen LogP contribution >= 0.6 is 11.6 Å². The predicted molar refractivity (Wildman–Crippen MR) is 75.5 cm³/mol. The molecule has 1 heterocycles. The Bertz CT molecular complexity index is 689. The fourth-order valence-corrected chi connectivity index (χ4v) is 3.71. The third-order valence-corrected chi connectivity index (χ3v) is 4.91. The molecule has 9 heteroatoms. The molecule has 2 aliphatic carbocycles. The van der Waals surface area contributed by atoms with E-state index in [2.05, 4.69) is 4.98 Å². The summed E-state index contributed by atoms with van der Waals surface area (Å²) in [5.41, 5.74) is 1.65. The van der Waals surface area contributed by atoms with E-state index < -0.39 is 41.1 Å². The number of hydrogen-bond acceptors (Lipinski definition) is 5. The number of halogens is 2. The number of aliphatic carboxylic acids is 2. The van der Waals surface area contributed by atoms with E-state index in [4.69, 9.17) is 27.2 Å². The third-order valence-electron chi connectivity index (χ3n) is 4.70. The van der Waals surface area contributed by atoms with E-state index in [0.717, 1.165) is 0 Å². The first-order valence-electron chi connectivity index (χ1n) is 6.90. The second kappa shape index (κ2) is 5.12. The Morgan fingerprint density at radius 3 is 2.70 bits per heavy atom. The minimum Gasteiger partial charge on any atom is -0.480 e. The molecule has 0 saturated heterocycles. The van der Waals surface area contributed by atoms with Crippen LogP contribution in [0.2, 0.25) is 5.15 Å². The largest absolute Gasteiger partial charge is 0.480 e. The SMILES string of the molecule is N[C@]1(C(=O)O)[C@H]2[C@@H](C[C@H]1OCc1cccc(Cl)n1)[C@]2(F)C(=O)O. The van der Waals surface area contributed by atoms with Crippen LogP contribution < -0.4 is 5.73 Å². The minimum atomic E-state index is -2.60. The van der Waals surface area contributed by atoms with Gasteiger partial charge in [-0.05, 0) is 18.6 Å². The topological polar surface area (TPSA) is 123 Å². The van der Waals surface area contributed by atoms with E-state index in [9.17, 15) is 19.1 Å². The van der Waals surface area contributed by atoms with Gasteiger partial charge in [-0.1, -0.05) is 17.7 Å². The number of hydrogen-bond donors (Lipinski definition) is 3. The number of carbonyl (C=O) groups is 2. The van der Waals surface area contributed by atoms with Crippen LogP contribution in [-0.4, -0.2) is 44.4 Å². The zero-order valence-electron chi connectivity index (χ0n) is 11.8. The summed E-state index contributed by atoms with van der Waals surface area (Å²) in [5, 5.41) is 18.6. The van der Waals surface area contributed by atoms with Gasteiger partial charge < -0.3 is 20.7 Å². The van der Waals surface area contributed by atoms with Crippen molar-refractivity contribution in [2.24, 2.45) is 17.6 Å². The van der Waals surface area contributed by atoms with Gasteiger partial charge in [0.05, 0.1) is 18.4 Å². The fraction of sp³-hybridized carbons (Fsp3) is 0.500. The number of rotatable bonds is 5. The van der Waals surface area contributed by atoms with Crippen LogP contribution in [0, 0.1) is 11.8 Å². The summed E-state index contributed by atoms with van der Waals surface area (Å²) in [4.78, 5) is 26.6. The maximum atomic E-state index is 14.3. The highest BCUT2D eigenvalue weighted by Crippen LogP contribution is 2.67. The summed E-state index contributed by atoms with van der Waals surface area (Å²) >= 11 is 5.75. The Morgan fingerprint density at radius 1 is 1.43 bits per heavy atom. The van der Waals surface area contributed by atoms with Crippen molar-refractivity contribution in [1.29, 1.82) is 0 Å². The highest BCUT2D eigenvalue weighted by molar-refractivity contribution is 6.29. The number of ether oxygens (including phenoxy) is 1. The standard InChI is InChI=1S/C14H14ClFN2O5/c15-9-3-1-2-6(18-9)5-23-8-4-7-10(13(7,16)11(19)20)14(8,17)12(21)22/h1-3,7-8,10H,4-5,17H2,(H,19,20)(H,21,22)/t7-,8-,10+,13-,14+/m1/s1. The van der Waals surface area contributed by atoms with Crippen LogP contribution in [0.3, 0.4) is 0 Å². The van der Waals surface area contributed by atoms with Crippen molar-refractivity contribution in [3.05, 3.63) is 29.0 Å². The molecule has 2 aliphatic rings. The smallest absolute Gasteiger partial charge is 0.342 e. The second-order valence-electron chi connectivity index (χ2n) is 5.88. The number of carboxylic acid groups (broad SMARTS) is 2. The summed E-state index contributed by atoms with van der Waals surface area (Å²) in [6.07, 6.45) is -1.07. The van der Waals surface area contributed by atoms with Crippen molar-refractivity contribution in [2.75, 3.05) is 0 Å². The van der Waals surface area contributed by atoms with Gasteiger partial charge in [0, 0.05) is 11.8 Å². The summed E-state index contributed by atoms with van der Waals surface area (Å²) in [6, 6.07) is 4.87. The number of alkyl halides is 1. The van der Waals surface area contributed by atoms with Crippen LogP contribution in [0.25, 0.3) is 0 Å². The fourth-order valence-electron chi connectivity index (χ4n) is 3.52. The van der Waals surface area contributed by atoms with Gasteiger partial charge in [0.25, 0.3) is 0 Å². The van der Waals surface area contributed by atoms with Gasteiger partial charge >= 0.3 is 11.9 Å². The molecule has 0 spiro atoms. The summed E-state index contributed by atoms with van der Waals surface area (Å²) < 4.78 is 19.9. The van der Waals surface area contributed by atoms with E-state index in [1.807, 2.05) is 0 Å². The van der Waals surface area contributed by atoms with Crippen molar-refractivity contribution in [1.82, 2.24) is 4.98 Å². The molecule has 0 bridgehead atoms. The van der Waals surface area contributed by atoms with Crippen molar-refractivity contribution in [3.8, 4) is 0 Å². The van der Waals surface area contributed by atoms with E-state index in [1.54, 1.807) is 18.2 Å². The molecule has 2 saturated carbocycles. The van der Waals surface area contributed by atoms with E-state index in [0.29, 0.717) is 5.69 Å². The normalized spacial score (nSPS) is 38.1. The van der Waals surface area contributed by atoms with Crippen molar-refractivity contribution in [2.45, 2.75) is 30.3 Å². The Hall–Kier alpha value is -1.77. The van der Waals surface area contributed by atoms with E-state index >= 15 is 0 Å². The molecule has 4 N–H and O–H groups in total. The van der Waals surface area contributed by atoms with Crippen molar-refractivity contribution < 1.29 is 28.9 Å². The molecule has 1 aromatic rings. The first-order chi connectivity index (χ1) is 10.7. The molecular weight excluding hydrogens is 331 g/mol. The maximum absolute atomic E-state index is 14.3. The van der Waals surface area contributed by atoms with Crippen LogP contribution in [0.4, 0.5) is 4.39 Å². The lowest BCUT2D eigenvalue weighted by Gasteiger charge is -2.31. The summed E-state index contributed by atoms with van der Waals surface area (Å²) in [5.74, 6) is -5.42. The molecule has 1 aromatic heterocycles. The average Bonchev–Trinajstić information content (AvgIpc) is 2.95. The van der Waals surface area contributed by atoms with Gasteiger partial charge in [0.1, 0.15) is 10.7 Å². The molecule has 2 fully saturated rings. The van der Waals surface area contributed by atoms with Gasteiger partial charge in [0.15, 0.2) is 0 Å². The van der Waals surface area contributed by atoms with Gasteiger partial charge in [-0.15, -0.1) is 0 Å². The lowest BCUT2D eigenvalue weighted by Crippen LogP contribution is -2.60. The number of pyridine rings is 1. The molecule has 0 amide bonds. The predicted octanol–water partition coefficient (Wildman–Crippen LogP) is 0.845. The minimum absolute atomic E-state index is 0.0523. The van der Waals surface area contributed by atoms with Crippen LogP contribution in [0.5, 0.6) is 0 Å². The van der Waals surface area contributed by atoms with Crippen molar-refractivity contribution >= 4 is 23.5 Å². The number of nitrogens with two attached hydrogens (primary N) is 1. The highest BCUT2D eigenvalue weighted by Gasteiger charge is 2.85. The van der Waals surface area contributed by atoms with E-state index in [-0.39, 0.29) is 18.2 Å². The molecule has 0 unspecified atom stereocenters.